The van der Waals surface area contributed by atoms with Gasteiger partial charge in [-0.25, -0.2) is 4.79 Å². The average Bonchev–Trinajstić information content (AvgIpc) is 2.88. The summed E-state index contributed by atoms with van der Waals surface area (Å²) in [6.45, 7) is 4.04. The molecule has 1 unspecified atom stereocenters. The highest BCUT2D eigenvalue weighted by molar-refractivity contribution is 7.99. The lowest BCUT2D eigenvalue weighted by molar-refractivity contribution is 0.0475. The van der Waals surface area contributed by atoms with Crippen molar-refractivity contribution in [3.05, 3.63) is 41.8 Å². The van der Waals surface area contributed by atoms with Crippen LogP contribution in [0.2, 0.25) is 0 Å². The zero-order valence-electron chi connectivity index (χ0n) is 10.7. The normalized spacial score (nSPS) is 12.1. The number of benzene rings is 1. The van der Waals surface area contributed by atoms with E-state index in [-0.39, 0.29) is 17.7 Å². The smallest absolute Gasteiger partial charge is 0.396 e. The van der Waals surface area contributed by atoms with Gasteiger partial charge in [-0.2, -0.15) is 0 Å². The molecule has 0 fully saturated rings. The van der Waals surface area contributed by atoms with Crippen LogP contribution in [0.15, 0.2) is 40.0 Å². The predicted octanol–water partition coefficient (Wildman–Crippen LogP) is 3.10. The summed E-state index contributed by atoms with van der Waals surface area (Å²) >= 11 is 1.40. The Bertz CT molecular complexity index is 542. The Hall–Kier alpha value is -1.82. The molecule has 0 saturated heterocycles. The third-order valence-corrected chi connectivity index (χ3v) is 3.40. The molecule has 2 rings (SSSR count). The first kappa shape index (κ1) is 13.6. The van der Waals surface area contributed by atoms with Crippen molar-refractivity contribution in [1.29, 1.82) is 0 Å². The second-order valence-electron chi connectivity index (χ2n) is 3.76. The lowest BCUT2D eigenvalue weighted by Crippen LogP contribution is -2.04. The summed E-state index contributed by atoms with van der Waals surface area (Å²) in [4.78, 5) is 11.4. The van der Waals surface area contributed by atoms with E-state index in [1.165, 1.54) is 11.8 Å². The van der Waals surface area contributed by atoms with Crippen molar-refractivity contribution < 1.29 is 13.9 Å². The second kappa shape index (κ2) is 6.38. The van der Waals surface area contributed by atoms with Crippen LogP contribution in [0.1, 0.15) is 35.3 Å². The molecule has 0 aliphatic rings. The van der Waals surface area contributed by atoms with Crippen molar-refractivity contribution >= 4 is 17.7 Å². The van der Waals surface area contributed by atoms with Crippen LogP contribution in [0.3, 0.4) is 0 Å². The SMILES string of the molecule is CCOC(=O)c1nnc(SC(C)c2ccccc2)o1. The van der Waals surface area contributed by atoms with Gasteiger partial charge >= 0.3 is 11.9 Å². The number of nitrogens with zero attached hydrogens (tertiary/aromatic N) is 2. The average molecular weight is 278 g/mol. The van der Waals surface area contributed by atoms with Crippen molar-refractivity contribution in [1.82, 2.24) is 10.2 Å². The van der Waals surface area contributed by atoms with Gasteiger partial charge in [0, 0.05) is 5.25 Å². The zero-order chi connectivity index (χ0) is 13.7. The van der Waals surface area contributed by atoms with E-state index in [1.807, 2.05) is 37.3 Å². The van der Waals surface area contributed by atoms with Gasteiger partial charge in [-0.05, 0) is 19.4 Å². The van der Waals surface area contributed by atoms with Gasteiger partial charge < -0.3 is 9.15 Å². The fourth-order valence-electron chi connectivity index (χ4n) is 1.48. The Labute approximate surface area is 115 Å². The van der Waals surface area contributed by atoms with Gasteiger partial charge in [0.1, 0.15) is 0 Å². The second-order valence-corrected chi connectivity index (χ2v) is 5.06. The predicted molar refractivity (Wildman–Crippen MR) is 71.0 cm³/mol. The molecule has 0 aliphatic carbocycles. The molecule has 1 heterocycles. The summed E-state index contributed by atoms with van der Waals surface area (Å²) < 4.78 is 10.0. The standard InChI is InChI=1S/C13H14N2O3S/c1-3-17-12(16)11-14-15-13(18-11)19-9(2)10-7-5-4-6-8-10/h4-9H,3H2,1-2H3. The summed E-state index contributed by atoms with van der Waals surface area (Å²) in [7, 11) is 0. The molecule has 1 aromatic carbocycles. The van der Waals surface area contributed by atoms with Gasteiger partial charge in [0.15, 0.2) is 0 Å². The molecule has 2 aromatic rings. The molecule has 0 spiro atoms. The minimum Gasteiger partial charge on any atom is -0.459 e. The van der Waals surface area contributed by atoms with Crippen LogP contribution in [0.5, 0.6) is 0 Å². The number of aromatic nitrogens is 2. The fraction of sp³-hybridized carbons (Fsp3) is 0.308. The highest BCUT2D eigenvalue weighted by atomic mass is 32.2. The van der Waals surface area contributed by atoms with Crippen LogP contribution in [-0.4, -0.2) is 22.8 Å². The number of hydrogen-bond donors (Lipinski definition) is 0. The lowest BCUT2D eigenvalue weighted by Gasteiger charge is -2.07. The molecule has 0 saturated carbocycles. The number of esters is 1. The van der Waals surface area contributed by atoms with Crippen LogP contribution >= 0.6 is 11.8 Å². The molecular formula is C13H14N2O3S. The summed E-state index contributed by atoms with van der Waals surface area (Å²) in [5.41, 5.74) is 1.16. The molecule has 6 heteroatoms. The van der Waals surface area contributed by atoms with Crippen molar-refractivity contribution in [3.8, 4) is 0 Å². The van der Waals surface area contributed by atoms with Gasteiger partial charge in [0.05, 0.1) is 6.61 Å². The Kier molecular flexibility index (Phi) is 4.57. The molecule has 0 aliphatic heterocycles. The molecule has 1 atom stereocenters. The van der Waals surface area contributed by atoms with E-state index in [0.717, 1.165) is 5.56 Å². The topological polar surface area (TPSA) is 65.2 Å². The Morgan fingerprint density at radius 1 is 1.37 bits per heavy atom. The summed E-state index contributed by atoms with van der Waals surface area (Å²) in [6, 6.07) is 9.97. The Morgan fingerprint density at radius 2 is 2.11 bits per heavy atom. The summed E-state index contributed by atoms with van der Waals surface area (Å²) in [6.07, 6.45) is 0. The largest absolute Gasteiger partial charge is 0.459 e. The van der Waals surface area contributed by atoms with Crippen molar-refractivity contribution in [2.75, 3.05) is 6.61 Å². The van der Waals surface area contributed by atoms with Crippen LogP contribution in [0.4, 0.5) is 0 Å². The van der Waals surface area contributed by atoms with E-state index >= 15 is 0 Å². The Balaban J connectivity index is 2.02. The van der Waals surface area contributed by atoms with Crippen LogP contribution in [0, 0.1) is 0 Å². The number of carbonyl (C=O) groups is 1. The zero-order valence-corrected chi connectivity index (χ0v) is 11.5. The quantitative estimate of drug-likeness (QED) is 0.618. The van der Waals surface area contributed by atoms with E-state index in [1.54, 1.807) is 6.92 Å². The van der Waals surface area contributed by atoms with Gasteiger partial charge in [0.25, 0.3) is 5.22 Å². The fourth-order valence-corrected chi connectivity index (χ4v) is 2.29. The monoisotopic (exact) mass is 278 g/mol. The molecule has 100 valence electrons. The van der Waals surface area contributed by atoms with E-state index in [4.69, 9.17) is 9.15 Å². The number of carbonyl (C=O) groups excluding carboxylic acids is 1. The van der Waals surface area contributed by atoms with Gasteiger partial charge in [-0.3, -0.25) is 0 Å². The van der Waals surface area contributed by atoms with Crippen LogP contribution in [-0.2, 0) is 4.74 Å². The number of hydrogen-bond acceptors (Lipinski definition) is 6. The van der Waals surface area contributed by atoms with E-state index in [9.17, 15) is 4.79 Å². The molecule has 19 heavy (non-hydrogen) atoms. The molecular weight excluding hydrogens is 264 g/mol. The minimum atomic E-state index is -0.589. The maximum atomic E-state index is 11.4. The molecule has 0 bridgehead atoms. The molecule has 0 amide bonds. The van der Waals surface area contributed by atoms with E-state index < -0.39 is 5.97 Å². The molecule has 0 N–H and O–H groups in total. The Morgan fingerprint density at radius 3 is 2.79 bits per heavy atom. The molecule has 0 radical (unpaired) electrons. The minimum absolute atomic E-state index is 0.107. The lowest BCUT2D eigenvalue weighted by atomic mass is 10.2. The number of thioether (sulfide) groups is 1. The summed E-state index contributed by atoms with van der Waals surface area (Å²) in [5.74, 6) is -0.696. The number of ether oxygens (including phenoxy) is 1. The molecule has 1 aromatic heterocycles. The highest BCUT2D eigenvalue weighted by Crippen LogP contribution is 2.33. The first-order chi connectivity index (χ1) is 9.20. The van der Waals surface area contributed by atoms with Crippen molar-refractivity contribution in [3.63, 3.8) is 0 Å². The van der Waals surface area contributed by atoms with Crippen molar-refractivity contribution in [2.24, 2.45) is 0 Å². The highest BCUT2D eigenvalue weighted by Gasteiger charge is 2.18. The third kappa shape index (κ3) is 3.57. The maximum absolute atomic E-state index is 11.4. The van der Waals surface area contributed by atoms with Crippen LogP contribution in [0.25, 0.3) is 0 Å². The van der Waals surface area contributed by atoms with E-state index in [0.29, 0.717) is 5.22 Å². The molecule has 5 nitrogen and oxygen atoms in total. The van der Waals surface area contributed by atoms with Gasteiger partial charge in [0.2, 0.25) is 0 Å². The maximum Gasteiger partial charge on any atom is 0.396 e. The van der Waals surface area contributed by atoms with E-state index in [2.05, 4.69) is 10.2 Å². The van der Waals surface area contributed by atoms with Gasteiger partial charge in [-0.15, -0.1) is 5.10 Å². The number of rotatable bonds is 5. The first-order valence-electron chi connectivity index (χ1n) is 5.93. The first-order valence-corrected chi connectivity index (χ1v) is 6.81. The summed E-state index contributed by atoms with van der Waals surface area (Å²) in [5, 5.41) is 8.02. The van der Waals surface area contributed by atoms with Crippen LogP contribution < -0.4 is 0 Å². The van der Waals surface area contributed by atoms with Crippen molar-refractivity contribution in [2.45, 2.75) is 24.3 Å². The third-order valence-electron chi connectivity index (χ3n) is 2.40. The van der Waals surface area contributed by atoms with Gasteiger partial charge in [-0.1, -0.05) is 47.2 Å².